The zero-order chi connectivity index (χ0) is 17.8. The quantitative estimate of drug-likeness (QED) is 0.400. The van der Waals surface area contributed by atoms with Gasteiger partial charge in [0.05, 0.1) is 0 Å². The first-order valence-corrected chi connectivity index (χ1v) is 7.46. The van der Waals surface area contributed by atoms with Gasteiger partial charge >= 0.3 is 0 Å². The number of hydrogen-bond acceptors (Lipinski definition) is 5. The molecule has 1 aromatic carbocycles. The van der Waals surface area contributed by atoms with E-state index in [0.717, 1.165) is 0 Å². The summed E-state index contributed by atoms with van der Waals surface area (Å²) in [5.41, 5.74) is 0.181. The molecule has 6 nitrogen and oxygen atoms in total. The fraction of sp³-hybridized carbons (Fsp3) is 0.471. The Morgan fingerprint density at radius 1 is 1.13 bits per heavy atom. The fourth-order valence-electron chi connectivity index (χ4n) is 2.13. The molecule has 0 aliphatic rings. The van der Waals surface area contributed by atoms with E-state index in [-0.39, 0.29) is 24.7 Å². The number of carbonyl (C=O) groups excluding carboxylic acids is 1. The molecule has 0 saturated carbocycles. The largest absolute Gasteiger partial charge is 0.507 e. The first-order chi connectivity index (χ1) is 10.6. The minimum absolute atomic E-state index is 0.00513. The zero-order valence-electron chi connectivity index (χ0n) is 14.0. The molecule has 0 bridgehead atoms. The molecular formula is C17H25NO5. The molecule has 1 rings (SSSR count). The summed E-state index contributed by atoms with van der Waals surface area (Å²) in [6.45, 7) is 6.57. The second kappa shape index (κ2) is 7.48. The molecule has 6 heteroatoms. The summed E-state index contributed by atoms with van der Waals surface area (Å²) < 4.78 is 0. The third-order valence-electron chi connectivity index (χ3n) is 3.94. The van der Waals surface area contributed by atoms with Crippen molar-refractivity contribution in [3.8, 4) is 11.5 Å². The van der Waals surface area contributed by atoms with Crippen molar-refractivity contribution in [1.82, 2.24) is 5.32 Å². The van der Waals surface area contributed by atoms with Crippen LogP contribution in [0.25, 0.3) is 6.08 Å². The van der Waals surface area contributed by atoms with Crippen molar-refractivity contribution in [2.75, 3.05) is 13.2 Å². The second-order valence-corrected chi connectivity index (χ2v) is 5.80. The molecule has 0 fully saturated rings. The summed E-state index contributed by atoms with van der Waals surface area (Å²) in [6, 6.07) is 0. The van der Waals surface area contributed by atoms with Gasteiger partial charge in [0, 0.05) is 24.3 Å². The van der Waals surface area contributed by atoms with Gasteiger partial charge in [0.25, 0.3) is 5.91 Å². The van der Waals surface area contributed by atoms with Gasteiger partial charge in [-0.15, -0.1) is 0 Å². The van der Waals surface area contributed by atoms with Gasteiger partial charge in [-0.2, -0.15) is 0 Å². The van der Waals surface area contributed by atoms with E-state index in [1.807, 2.05) is 0 Å². The summed E-state index contributed by atoms with van der Waals surface area (Å²) in [4.78, 5) is 11.9. The van der Waals surface area contributed by atoms with Crippen LogP contribution in [0.1, 0.15) is 35.6 Å². The average molecular weight is 323 g/mol. The fourth-order valence-corrected chi connectivity index (χ4v) is 2.13. The van der Waals surface area contributed by atoms with E-state index in [9.17, 15) is 20.1 Å². The van der Waals surface area contributed by atoms with Crippen molar-refractivity contribution < 1.29 is 25.2 Å². The summed E-state index contributed by atoms with van der Waals surface area (Å²) in [5.74, 6) is -0.523. The molecule has 0 heterocycles. The minimum atomic E-state index is -1.78. The Bertz CT molecular complexity index is 591. The number of benzene rings is 1. The van der Waals surface area contributed by atoms with Gasteiger partial charge in [-0.3, -0.25) is 4.79 Å². The number of carbonyl (C=O) groups is 1. The average Bonchev–Trinajstić information content (AvgIpc) is 2.51. The molecular weight excluding hydrogens is 298 g/mol. The van der Waals surface area contributed by atoms with Crippen molar-refractivity contribution in [3.05, 3.63) is 28.3 Å². The van der Waals surface area contributed by atoms with Crippen LogP contribution in [0.5, 0.6) is 11.5 Å². The number of aromatic hydroxyl groups is 2. The molecule has 1 aromatic rings. The number of rotatable bonds is 6. The lowest BCUT2D eigenvalue weighted by atomic mass is 9.95. The van der Waals surface area contributed by atoms with E-state index in [1.54, 1.807) is 20.8 Å². The maximum absolute atomic E-state index is 11.9. The predicted molar refractivity (Wildman–Crippen MR) is 88.4 cm³/mol. The first kappa shape index (κ1) is 19.0. The standard InChI is InChI=1S/C17H25NO5/c1-10-11(2)15(21)13(12(3)14(10)20)6-7-17(4,23)16(22)18-8-5-9-19/h6-7,19-21,23H,5,8-9H2,1-4H3,(H,18,22). The van der Waals surface area contributed by atoms with Crippen LogP contribution in [-0.4, -0.2) is 45.1 Å². The molecule has 0 radical (unpaired) electrons. The van der Waals surface area contributed by atoms with Gasteiger partial charge in [0.2, 0.25) is 0 Å². The second-order valence-electron chi connectivity index (χ2n) is 5.80. The van der Waals surface area contributed by atoms with Gasteiger partial charge in [-0.25, -0.2) is 0 Å². The summed E-state index contributed by atoms with van der Waals surface area (Å²) in [7, 11) is 0. The molecule has 0 saturated heterocycles. The lowest BCUT2D eigenvalue weighted by Crippen LogP contribution is -2.43. The molecule has 0 aliphatic heterocycles. The Labute approximate surface area is 136 Å². The van der Waals surface area contributed by atoms with Gasteiger partial charge in [0.15, 0.2) is 5.60 Å². The highest BCUT2D eigenvalue weighted by Gasteiger charge is 2.27. The Morgan fingerprint density at radius 3 is 2.26 bits per heavy atom. The normalized spacial score (nSPS) is 14.0. The number of aliphatic hydroxyl groups is 2. The number of phenolic OH excluding ortho intramolecular Hbond substituents is 2. The minimum Gasteiger partial charge on any atom is -0.507 e. The number of amides is 1. The smallest absolute Gasteiger partial charge is 0.255 e. The highest BCUT2D eigenvalue weighted by atomic mass is 16.3. The SMILES string of the molecule is Cc1c(C)c(O)c(C=CC(C)(O)C(=O)NCCCO)c(C)c1O. The molecule has 0 aromatic heterocycles. The highest BCUT2D eigenvalue weighted by molar-refractivity contribution is 5.88. The maximum Gasteiger partial charge on any atom is 0.255 e. The van der Waals surface area contributed by atoms with E-state index in [0.29, 0.717) is 28.7 Å². The highest BCUT2D eigenvalue weighted by Crippen LogP contribution is 2.37. The van der Waals surface area contributed by atoms with E-state index in [2.05, 4.69) is 5.32 Å². The van der Waals surface area contributed by atoms with Crippen molar-refractivity contribution in [3.63, 3.8) is 0 Å². The van der Waals surface area contributed by atoms with Crippen LogP contribution in [0.4, 0.5) is 0 Å². The Hall–Kier alpha value is -2.05. The molecule has 1 atom stereocenters. The Morgan fingerprint density at radius 2 is 1.70 bits per heavy atom. The van der Waals surface area contributed by atoms with E-state index < -0.39 is 11.5 Å². The predicted octanol–water partition coefficient (Wildman–Crippen LogP) is 1.29. The third kappa shape index (κ3) is 4.24. The van der Waals surface area contributed by atoms with Crippen molar-refractivity contribution >= 4 is 12.0 Å². The Kier molecular flexibility index (Phi) is 6.18. The monoisotopic (exact) mass is 323 g/mol. The first-order valence-electron chi connectivity index (χ1n) is 7.46. The third-order valence-corrected chi connectivity index (χ3v) is 3.94. The Balaban J connectivity index is 3.07. The molecule has 0 aliphatic carbocycles. The lowest BCUT2D eigenvalue weighted by Gasteiger charge is -2.19. The lowest BCUT2D eigenvalue weighted by molar-refractivity contribution is -0.133. The molecule has 1 amide bonds. The van der Waals surface area contributed by atoms with Crippen LogP contribution in [0.3, 0.4) is 0 Å². The van der Waals surface area contributed by atoms with Crippen LogP contribution >= 0.6 is 0 Å². The molecule has 1 unspecified atom stereocenters. The van der Waals surface area contributed by atoms with Gasteiger partial charge < -0.3 is 25.7 Å². The van der Waals surface area contributed by atoms with E-state index >= 15 is 0 Å². The van der Waals surface area contributed by atoms with Crippen molar-refractivity contribution in [1.29, 1.82) is 0 Å². The van der Waals surface area contributed by atoms with Gasteiger partial charge in [-0.1, -0.05) is 6.08 Å². The maximum atomic E-state index is 11.9. The topological polar surface area (TPSA) is 110 Å². The molecule has 0 spiro atoms. The molecule has 128 valence electrons. The van der Waals surface area contributed by atoms with Gasteiger partial charge in [0.1, 0.15) is 11.5 Å². The van der Waals surface area contributed by atoms with Gasteiger partial charge in [-0.05, 0) is 51.3 Å². The number of aliphatic hydroxyl groups excluding tert-OH is 1. The van der Waals surface area contributed by atoms with Crippen LogP contribution in [0.2, 0.25) is 0 Å². The van der Waals surface area contributed by atoms with Crippen molar-refractivity contribution in [2.24, 2.45) is 0 Å². The van der Waals surface area contributed by atoms with E-state index in [4.69, 9.17) is 5.11 Å². The molecule has 5 N–H and O–H groups in total. The van der Waals surface area contributed by atoms with Crippen LogP contribution in [0, 0.1) is 20.8 Å². The summed E-state index contributed by atoms with van der Waals surface area (Å²) in [5, 5.41) is 41.7. The van der Waals surface area contributed by atoms with Crippen LogP contribution in [-0.2, 0) is 4.79 Å². The van der Waals surface area contributed by atoms with Crippen molar-refractivity contribution in [2.45, 2.75) is 39.7 Å². The zero-order valence-corrected chi connectivity index (χ0v) is 14.0. The molecule has 23 heavy (non-hydrogen) atoms. The van der Waals surface area contributed by atoms with Crippen LogP contribution < -0.4 is 5.32 Å². The van der Waals surface area contributed by atoms with Crippen LogP contribution in [0.15, 0.2) is 6.08 Å². The summed E-state index contributed by atoms with van der Waals surface area (Å²) in [6.07, 6.45) is 3.08. The van der Waals surface area contributed by atoms with E-state index in [1.165, 1.54) is 19.1 Å². The number of phenols is 2. The number of hydrogen-bond donors (Lipinski definition) is 5. The summed E-state index contributed by atoms with van der Waals surface area (Å²) >= 11 is 0. The number of nitrogens with one attached hydrogen (secondary N) is 1.